The van der Waals surface area contributed by atoms with Gasteiger partial charge in [0.1, 0.15) is 13.5 Å². The van der Waals surface area contributed by atoms with Crippen molar-refractivity contribution in [2.45, 2.75) is 19.3 Å². The Bertz CT molecular complexity index is 1060. The molecule has 2 aromatic heterocycles. The number of nitrogens with zero attached hydrogens (tertiary/aromatic N) is 3. The molecule has 1 aliphatic heterocycles. The van der Waals surface area contributed by atoms with E-state index in [-0.39, 0.29) is 0 Å². The fourth-order valence-corrected chi connectivity index (χ4v) is 4.00. The number of hydrogen-bond acceptors (Lipinski definition) is 2. The van der Waals surface area contributed by atoms with Crippen LogP contribution in [-0.2, 0) is 0 Å². The molecule has 0 aliphatic carbocycles. The van der Waals surface area contributed by atoms with Gasteiger partial charge in [0, 0.05) is 35.7 Å². The number of hydrogen-bond donors (Lipinski definition) is 0. The second-order valence-corrected chi connectivity index (χ2v) is 6.64. The Hall–Kier alpha value is -2.49. The van der Waals surface area contributed by atoms with Crippen LogP contribution in [0.25, 0.3) is 27.3 Å². The summed E-state index contributed by atoms with van der Waals surface area (Å²) in [6.07, 6.45) is 5.66. The minimum Gasteiger partial charge on any atom is -0.372 e. The van der Waals surface area contributed by atoms with E-state index < -0.39 is 0 Å². The zero-order valence-electron chi connectivity index (χ0n) is 13.6. The van der Waals surface area contributed by atoms with Gasteiger partial charge in [0.25, 0.3) is 0 Å². The minimum atomic E-state index is 0.687. The zero-order chi connectivity index (χ0) is 16.1. The van der Waals surface area contributed by atoms with E-state index in [1.807, 2.05) is 0 Å². The van der Waals surface area contributed by atoms with Crippen molar-refractivity contribution in [3.63, 3.8) is 0 Å². The molecule has 2 aromatic carbocycles. The fraction of sp³-hybridized carbons (Fsp3) is 0.250. The summed E-state index contributed by atoms with van der Waals surface area (Å²) in [4.78, 5) is 7.04. The van der Waals surface area contributed by atoms with E-state index in [1.54, 1.807) is 6.20 Å². The minimum absolute atomic E-state index is 0.687. The van der Waals surface area contributed by atoms with Crippen molar-refractivity contribution in [3.05, 3.63) is 48.7 Å². The average molecular weight is 311 g/mol. The summed E-state index contributed by atoms with van der Waals surface area (Å²) in [5.41, 5.74) is 4.05. The van der Waals surface area contributed by atoms with Gasteiger partial charge in [-0.2, -0.15) is 0 Å². The monoisotopic (exact) mass is 311 g/mol. The molecule has 0 amide bonds. The third kappa shape index (κ3) is 1.95. The SMILES string of the molecule is [B]c1cnc2c3ccccc3c3cc(N4CCCCC4)ccc3n12. The maximum absolute atomic E-state index is 6.20. The van der Waals surface area contributed by atoms with Crippen LogP contribution in [0.5, 0.6) is 0 Å². The molecule has 0 spiro atoms. The van der Waals surface area contributed by atoms with Crippen LogP contribution < -0.4 is 10.5 Å². The molecule has 1 fully saturated rings. The Morgan fingerprint density at radius 3 is 2.50 bits per heavy atom. The lowest BCUT2D eigenvalue weighted by Crippen LogP contribution is -2.29. The van der Waals surface area contributed by atoms with E-state index in [4.69, 9.17) is 7.85 Å². The average Bonchev–Trinajstić information content (AvgIpc) is 3.04. The second-order valence-electron chi connectivity index (χ2n) is 6.64. The van der Waals surface area contributed by atoms with Crippen molar-refractivity contribution in [2.24, 2.45) is 0 Å². The van der Waals surface area contributed by atoms with Gasteiger partial charge >= 0.3 is 0 Å². The van der Waals surface area contributed by atoms with Gasteiger partial charge in [0.2, 0.25) is 0 Å². The highest BCUT2D eigenvalue weighted by molar-refractivity contribution is 6.32. The number of aromatic nitrogens is 2. The van der Waals surface area contributed by atoms with Gasteiger partial charge in [0.15, 0.2) is 0 Å². The highest BCUT2D eigenvalue weighted by Gasteiger charge is 2.15. The first kappa shape index (κ1) is 13.9. The molecule has 116 valence electrons. The van der Waals surface area contributed by atoms with E-state index in [0.717, 1.165) is 29.6 Å². The predicted octanol–water partition coefficient (Wildman–Crippen LogP) is 3.42. The Morgan fingerprint density at radius 1 is 0.875 bits per heavy atom. The first-order valence-electron chi connectivity index (χ1n) is 8.65. The molecule has 5 rings (SSSR count). The van der Waals surface area contributed by atoms with Crippen molar-refractivity contribution in [1.82, 2.24) is 9.38 Å². The van der Waals surface area contributed by atoms with Crippen molar-refractivity contribution in [1.29, 1.82) is 0 Å². The molecule has 1 saturated heterocycles. The number of fused-ring (bicyclic) bond motifs is 6. The summed E-state index contributed by atoms with van der Waals surface area (Å²) >= 11 is 0. The van der Waals surface area contributed by atoms with E-state index in [0.29, 0.717) is 5.59 Å². The highest BCUT2D eigenvalue weighted by Crippen LogP contribution is 2.31. The third-order valence-electron chi connectivity index (χ3n) is 5.19. The molecule has 4 heteroatoms. The first-order valence-corrected chi connectivity index (χ1v) is 8.65. The van der Waals surface area contributed by atoms with Crippen LogP contribution in [0.15, 0.2) is 48.7 Å². The van der Waals surface area contributed by atoms with Crippen LogP contribution >= 0.6 is 0 Å². The van der Waals surface area contributed by atoms with Crippen molar-refractivity contribution in [3.8, 4) is 0 Å². The Kier molecular flexibility index (Phi) is 3.05. The number of imidazole rings is 1. The van der Waals surface area contributed by atoms with Crippen LogP contribution in [0.1, 0.15) is 19.3 Å². The van der Waals surface area contributed by atoms with Crippen LogP contribution in [0, 0.1) is 0 Å². The van der Waals surface area contributed by atoms with Gasteiger partial charge in [-0.1, -0.05) is 24.3 Å². The van der Waals surface area contributed by atoms with E-state index in [9.17, 15) is 0 Å². The van der Waals surface area contributed by atoms with Gasteiger partial charge in [-0.05, 0) is 48.4 Å². The second kappa shape index (κ2) is 5.27. The van der Waals surface area contributed by atoms with Crippen LogP contribution in [0.4, 0.5) is 5.69 Å². The Labute approximate surface area is 142 Å². The Balaban J connectivity index is 1.86. The lowest BCUT2D eigenvalue weighted by molar-refractivity contribution is 0.578. The van der Waals surface area contributed by atoms with Gasteiger partial charge in [-0.25, -0.2) is 4.98 Å². The van der Waals surface area contributed by atoms with E-state index in [1.165, 1.54) is 35.7 Å². The molecule has 2 radical (unpaired) electrons. The molecule has 0 unspecified atom stereocenters. The summed E-state index contributed by atoms with van der Waals surface area (Å²) < 4.78 is 2.07. The standard InChI is InChI=1S/C20H18BN3/c21-19-13-22-20-16-7-3-2-6-15(16)17-12-14(8-9-18(17)24(19)20)23-10-4-1-5-11-23/h2-3,6-9,12-13H,1,4-5,10-11H2. The molecule has 24 heavy (non-hydrogen) atoms. The lowest BCUT2D eigenvalue weighted by atomic mass is 10.0. The summed E-state index contributed by atoms with van der Waals surface area (Å²) in [6.45, 7) is 2.30. The lowest BCUT2D eigenvalue weighted by Gasteiger charge is -2.29. The van der Waals surface area contributed by atoms with Gasteiger partial charge in [-0.15, -0.1) is 0 Å². The van der Waals surface area contributed by atoms with E-state index >= 15 is 0 Å². The van der Waals surface area contributed by atoms with Crippen molar-refractivity contribution >= 4 is 46.4 Å². The topological polar surface area (TPSA) is 20.5 Å². The van der Waals surface area contributed by atoms with Gasteiger partial charge < -0.3 is 9.30 Å². The van der Waals surface area contributed by atoms with Crippen LogP contribution in [0.3, 0.4) is 0 Å². The molecule has 4 aromatic rings. The van der Waals surface area contributed by atoms with Crippen LogP contribution in [0.2, 0.25) is 0 Å². The number of pyridine rings is 1. The van der Waals surface area contributed by atoms with Crippen LogP contribution in [-0.4, -0.2) is 30.3 Å². The number of piperidine rings is 1. The molecule has 0 saturated carbocycles. The molecule has 0 N–H and O–H groups in total. The summed E-state index contributed by atoms with van der Waals surface area (Å²) in [6, 6.07) is 15.2. The normalized spacial score (nSPS) is 15.6. The molecule has 3 nitrogen and oxygen atoms in total. The third-order valence-corrected chi connectivity index (χ3v) is 5.19. The molecular formula is C20H18BN3. The predicted molar refractivity (Wildman–Crippen MR) is 102 cm³/mol. The maximum Gasteiger partial charge on any atom is 0.144 e. The fourth-order valence-electron chi connectivity index (χ4n) is 4.00. The first-order chi connectivity index (χ1) is 11.8. The largest absolute Gasteiger partial charge is 0.372 e. The molecule has 1 aliphatic rings. The summed E-state index contributed by atoms with van der Waals surface area (Å²) in [5.74, 6) is 0. The van der Waals surface area contributed by atoms with Crippen molar-refractivity contribution in [2.75, 3.05) is 18.0 Å². The molecule has 0 bridgehead atoms. The highest BCUT2D eigenvalue weighted by atomic mass is 15.1. The molecule has 3 heterocycles. The number of anilines is 1. The maximum atomic E-state index is 6.20. The molecular weight excluding hydrogens is 293 g/mol. The smallest absolute Gasteiger partial charge is 0.144 e. The quantitative estimate of drug-likeness (QED) is 0.396. The van der Waals surface area contributed by atoms with E-state index in [2.05, 4.69) is 56.7 Å². The van der Waals surface area contributed by atoms with Gasteiger partial charge in [0.05, 0.1) is 5.52 Å². The summed E-state index contributed by atoms with van der Waals surface area (Å²) in [7, 11) is 6.20. The molecule has 0 atom stereocenters. The van der Waals surface area contributed by atoms with Gasteiger partial charge in [-0.3, -0.25) is 0 Å². The number of rotatable bonds is 1. The van der Waals surface area contributed by atoms with Crippen molar-refractivity contribution < 1.29 is 0 Å². The summed E-state index contributed by atoms with van der Waals surface area (Å²) in [5, 5.41) is 3.63. The number of benzene rings is 2. The zero-order valence-corrected chi connectivity index (χ0v) is 13.6. The Morgan fingerprint density at radius 2 is 1.67 bits per heavy atom.